The highest BCUT2D eigenvalue weighted by Gasteiger charge is 1.99. The van der Waals surface area contributed by atoms with Crippen LogP contribution in [0.5, 0.6) is 0 Å². The molecule has 2 N–H and O–H groups in total. The third kappa shape index (κ3) is 3.93. The minimum Gasteiger partial charge on any atom is -0.337 e. The predicted octanol–water partition coefficient (Wildman–Crippen LogP) is 1.67. The predicted molar refractivity (Wildman–Crippen MR) is 74.5 cm³/mol. The van der Waals surface area contributed by atoms with E-state index in [4.69, 9.17) is 0 Å². The van der Waals surface area contributed by atoms with Crippen LogP contribution in [0.1, 0.15) is 18.3 Å². The monoisotopic (exact) mass is 258 g/mol. The molecule has 5 nitrogen and oxygen atoms in total. The second-order valence-corrected chi connectivity index (χ2v) is 4.44. The number of carbonyl (C=O) groups excluding carboxylic acids is 1. The van der Waals surface area contributed by atoms with Crippen molar-refractivity contribution in [3.8, 4) is 0 Å². The van der Waals surface area contributed by atoms with Gasteiger partial charge < -0.3 is 15.2 Å². The highest BCUT2D eigenvalue weighted by molar-refractivity contribution is 5.88. The van der Waals surface area contributed by atoms with Gasteiger partial charge in [-0.3, -0.25) is 4.79 Å². The Morgan fingerprint density at radius 2 is 2.00 bits per heavy atom. The fraction of sp³-hybridized carbons (Fsp3) is 0.286. The Labute approximate surface area is 112 Å². The summed E-state index contributed by atoms with van der Waals surface area (Å²) in [6.07, 6.45) is 3.72. The van der Waals surface area contributed by atoms with Crippen molar-refractivity contribution in [2.75, 3.05) is 5.32 Å². The van der Waals surface area contributed by atoms with Crippen molar-refractivity contribution >= 4 is 11.6 Å². The topological polar surface area (TPSA) is 59.0 Å². The molecule has 1 aromatic carbocycles. The Kier molecular flexibility index (Phi) is 4.30. The van der Waals surface area contributed by atoms with E-state index >= 15 is 0 Å². The number of rotatable bonds is 5. The third-order valence-electron chi connectivity index (χ3n) is 2.81. The van der Waals surface area contributed by atoms with Crippen molar-refractivity contribution in [2.45, 2.75) is 20.0 Å². The minimum absolute atomic E-state index is 0.0549. The van der Waals surface area contributed by atoms with Crippen LogP contribution >= 0.6 is 0 Å². The van der Waals surface area contributed by atoms with Gasteiger partial charge in [0.2, 0.25) is 5.91 Å². The molecule has 0 bridgehead atoms. The Bertz CT molecular complexity index is 545. The number of hydrogen-bond donors (Lipinski definition) is 2. The van der Waals surface area contributed by atoms with E-state index in [0.29, 0.717) is 0 Å². The van der Waals surface area contributed by atoms with Crippen LogP contribution in [0.4, 0.5) is 5.69 Å². The Morgan fingerprint density at radius 3 is 2.58 bits per heavy atom. The van der Waals surface area contributed by atoms with E-state index in [-0.39, 0.29) is 5.91 Å². The maximum Gasteiger partial charge on any atom is 0.221 e. The molecule has 100 valence electrons. The maximum absolute atomic E-state index is 10.9. The van der Waals surface area contributed by atoms with Crippen LogP contribution in [0, 0.1) is 0 Å². The third-order valence-corrected chi connectivity index (χ3v) is 2.81. The number of amides is 1. The van der Waals surface area contributed by atoms with Crippen LogP contribution in [0.25, 0.3) is 0 Å². The van der Waals surface area contributed by atoms with Crippen molar-refractivity contribution in [1.29, 1.82) is 0 Å². The summed E-state index contributed by atoms with van der Waals surface area (Å²) in [5.41, 5.74) is 1.99. The van der Waals surface area contributed by atoms with Gasteiger partial charge in [0.15, 0.2) is 0 Å². The quantitative estimate of drug-likeness (QED) is 0.857. The molecule has 19 heavy (non-hydrogen) atoms. The zero-order chi connectivity index (χ0) is 13.7. The summed E-state index contributed by atoms with van der Waals surface area (Å²) in [4.78, 5) is 15.1. The van der Waals surface area contributed by atoms with E-state index in [1.54, 1.807) is 6.20 Å². The van der Waals surface area contributed by atoms with Gasteiger partial charge in [-0.1, -0.05) is 12.1 Å². The molecular weight excluding hydrogens is 240 g/mol. The first-order valence-corrected chi connectivity index (χ1v) is 6.18. The highest BCUT2D eigenvalue weighted by Crippen LogP contribution is 2.09. The SMILES string of the molecule is CC(=O)Nc1ccc(CNCc2nccn2C)cc1. The van der Waals surface area contributed by atoms with E-state index in [1.807, 2.05) is 42.1 Å². The molecule has 0 unspecified atom stereocenters. The van der Waals surface area contributed by atoms with E-state index < -0.39 is 0 Å². The number of aryl methyl sites for hydroxylation is 1. The molecule has 1 aromatic heterocycles. The minimum atomic E-state index is -0.0549. The lowest BCUT2D eigenvalue weighted by atomic mass is 10.2. The van der Waals surface area contributed by atoms with Crippen molar-refractivity contribution < 1.29 is 4.79 Å². The molecule has 2 aromatic rings. The van der Waals surface area contributed by atoms with Crippen LogP contribution in [-0.2, 0) is 24.9 Å². The van der Waals surface area contributed by atoms with Crippen LogP contribution in [0.3, 0.4) is 0 Å². The average molecular weight is 258 g/mol. The molecule has 1 heterocycles. The van der Waals surface area contributed by atoms with E-state index in [9.17, 15) is 4.79 Å². The Morgan fingerprint density at radius 1 is 1.26 bits per heavy atom. The normalized spacial score (nSPS) is 10.4. The van der Waals surface area contributed by atoms with Gasteiger partial charge in [0.25, 0.3) is 0 Å². The summed E-state index contributed by atoms with van der Waals surface area (Å²) >= 11 is 0. The van der Waals surface area contributed by atoms with Gasteiger partial charge in [0.1, 0.15) is 5.82 Å². The molecule has 5 heteroatoms. The summed E-state index contributed by atoms with van der Waals surface area (Å²) in [6, 6.07) is 7.80. The number of nitrogens with zero attached hydrogens (tertiary/aromatic N) is 2. The summed E-state index contributed by atoms with van der Waals surface area (Å²) in [5.74, 6) is 0.954. The fourth-order valence-corrected chi connectivity index (χ4v) is 1.79. The molecule has 0 radical (unpaired) electrons. The second-order valence-electron chi connectivity index (χ2n) is 4.44. The molecule has 0 aliphatic carbocycles. The number of imidazole rings is 1. The van der Waals surface area contributed by atoms with Gasteiger partial charge in [0, 0.05) is 38.6 Å². The lowest BCUT2D eigenvalue weighted by molar-refractivity contribution is -0.114. The number of aromatic nitrogens is 2. The number of nitrogens with one attached hydrogen (secondary N) is 2. The smallest absolute Gasteiger partial charge is 0.221 e. The van der Waals surface area contributed by atoms with E-state index in [0.717, 1.165) is 24.6 Å². The van der Waals surface area contributed by atoms with Crippen LogP contribution in [0.2, 0.25) is 0 Å². The standard InChI is InChI=1S/C14H18N4O/c1-11(19)17-13-5-3-12(4-6-13)9-15-10-14-16-7-8-18(14)2/h3-8,15H,9-10H2,1-2H3,(H,17,19). The highest BCUT2D eigenvalue weighted by atomic mass is 16.1. The lowest BCUT2D eigenvalue weighted by Gasteiger charge is -2.06. The number of anilines is 1. The van der Waals surface area contributed by atoms with Crippen LogP contribution < -0.4 is 10.6 Å². The van der Waals surface area contributed by atoms with Crippen molar-refractivity contribution in [1.82, 2.24) is 14.9 Å². The van der Waals surface area contributed by atoms with E-state index in [2.05, 4.69) is 15.6 Å². The first-order valence-electron chi connectivity index (χ1n) is 6.18. The van der Waals surface area contributed by atoms with Gasteiger partial charge in [-0.25, -0.2) is 4.98 Å². The van der Waals surface area contributed by atoms with E-state index in [1.165, 1.54) is 12.5 Å². The van der Waals surface area contributed by atoms with Crippen LogP contribution in [0.15, 0.2) is 36.7 Å². The molecule has 0 aliphatic rings. The molecule has 0 aliphatic heterocycles. The molecular formula is C14H18N4O. The van der Waals surface area contributed by atoms with Gasteiger partial charge in [-0.15, -0.1) is 0 Å². The molecule has 0 saturated heterocycles. The first-order chi connectivity index (χ1) is 9.15. The summed E-state index contributed by atoms with van der Waals surface area (Å²) < 4.78 is 1.99. The molecule has 2 rings (SSSR count). The molecule has 1 amide bonds. The van der Waals surface area contributed by atoms with Crippen LogP contribution in [-0.4, -0.2) is 15.5 Å². The lowest BCUT2D eigenvalue weighted by Crippen LogP contribution is -2.15. The molecule has 0 saturated carbocycles. The second kappa shape index (κ2) is 6.15. The molecule has 0 atom stereocenters. The van der Waals surface area contributed by atoms with Gasteiger partial charge in [-0.05, 0) is 17.7 Å². The van der Waals surface area contributed by atoms with Crippen molar-refractivity contribution in [2.24, 2.45) is 7.05 Å². The number of hydrogen-bond acceptors (Lipinski definition) is 3. The Hall–Kier alpha value is -2.14. The first kappa shape index (κ1) is 13.3. The number of benzene rings is 1. The Balaban J connectivity index is 1.83. The largest absolute Gasteiger partial charge is 0.337 e. The van der Waals surface area contributed by atoms with Crippen molar-refractivity contribution in [3.05, 3.63) is 48.0 Å². The van der Waals surface area contributed by atoms with Gasteiger partial charge in [0.05, 0.1) is 6.54 Å². The average Bonchev–Trinajstić information content (AvgIpc) is 2.77. The zero-order valence-corrected chi connectivity index (χ0v) is 11.2. The zero-order valence-electron chi connectivity index (χ0n) is 11.2. The molecule has 0 spiro atoms. The molecule has 0 fully saturated rings. The van der Waals surface area contributed by atoms with Crippen molar-refractivity contribution in [3.63, 3.8) is 0 Å². The maximum atomic E-state index is 10.9. The summed E-state index contributed by atoms with van der Waals surface area (Å²) in [6.45, 7) is 3.01. The number of carbonyl (C=O) groups is 1. The van der Waals surface area contributed by atoms with Gasteiger partial charge in [-0.2, -0.15) is 0 Å². The fourth-order valence-electron chi connectivity index (χ4n) is 1.79. The summed E-state index contributed by atoms with van der Waals surface area (Å²) in [5, 5.41) is 6.08. The summed E-state index contributed by atoms with van der Waals surface area (Å²) in [7, 11) is 1.98. The van der Waals surface area contributed by atoms with Gasteiger partial charge >= 0.3 is 0 Å².